The van der Waals surface area contributed by atoms with Crippen LogP contribution >= 0.6 is 12.2 Å². The summed E-state index contributed by atoms with van der Waals surface area (Å²) in [5, 5.41) is 4.99. The van der Waals surface area contributed by atoms with Crippen LogP contribution in [0.15, 0.2) is 18.2 Å². The molecule has 0 atom stereocenters. The summed E-state index contributed by atoms with van der Waals surface area (Å²) in [6.45, 7) is 7.14. The van der Waals surface area contributed by atoms with E-state index in [0.29, 0.717) is 11.8 Å². The van der Waals surface area contributed by atoms with Gasteiger partial charge in [-0.05, 0) is 62.8 Å². The number of rotatable bonds is 9. The van der Waals surface area contributed by atoms with E-state index >= 15 is 0 Å². The Morgan fingerprint density at radius 3 is 2.45 bits per heavy atom. The highest BCUT2D eigenvalue weighted by molar-refractivity contribution is 7.71. The van der Waals surface area contributed by atoms with Gasteiger partial charge in [0.15, 0.2) is 22.1 Å². The van der Waals surface area contributed by atoms with Gasteiger partial charge in [-0.25, -0.2) is 4.68 Å². The molecule has 0 amide bonds. The summed E-state index contributed by atoms with van der Waals surface area (Å²) in [6, 6.07) is 6.40. The minimum atomic E-state index is 0.411. The van der Waals surface area contributed by atoms with Crippen LogP contribution < -0.4 is 9.47 Å². The molecular weight excluding hydrogens is 384 g/mol. The lowest BCUT2D eigenvalue weighted by Crippen LogP contribution is -2.28. The molecule has 1 saturated carbocycles. The lowest BCUT2D eigenvalue weighted by Gasteiger charge is -2.24. The quantitative estimate of drug-likeness (QED) is 0.518. The zero-order chi connectivity index (χ0) is 20.8. The Labute approximate surface area is 179 Å². The molecule has 1 aliphatic carbocycles. The van der Waals surface area contributed by atoms with Gasteiger partial charge >= 0.3 is 0 Å². The summed E-state index contributed by atoms with van der Waals surface area (Å²) in [6.07, 6.45) is 7.25. The number of aromatic nitrogens is 3. The standard InChI is InChI=1S/C22H34N4O2S/c1-5-14-24(6-2)16-25-22(29)26(18-10-8-7-9-11-18)21(23-25)17-12-13-19(27-3)20(15-17)28-4/h12-13,15,18H,5-11,14,16H2,1-4H3. The van der Waals surface area contributed by atoms with Crippen LogP contribution in [0.4, 0.5) is 0 Å². The van der Waals surface area contributed by atoms with Crippen molar-refractivity contribution >= 4 is 12.2 Å². The van der Waals surface area contributed by atoms with Gasteiger partial charge in [0.1, 0.15) is 0 Å². The minimum absolute atomic E-state index is 0.411. The Balaban J connectivity index is 2.06. The molecule has 3 rings (SSSR count). The Bertz CT molecular complexity index is 855. The molecule has 6 nitrogen and oxygen atoms in total. The van der Waals surface area contributed by atoms with Gasteiger partial charge in [-0.3, -0.25) is 9.47 Å². The highest BCUT2D eigenvalue weighted by Crippen LogP contribution is 2.36. The zero-order valence-corrected chi connectivity index (χ0v) is 19.0. The second-order valence-corrected chi connectivity index (χ2v) is 8.05. The molecule has 0 unspecified atom stereocenters. The molecule has 1 aromatic heterocycles. The predicted molar refractivity (Wildman–Crippen MR) is 119 cm³/mol. The van der Waals surface area contributed by atoms with E-state index in [2.05, 4.69) is 23.3 Å². The number of benzene rings is 1. The third-order valence-corrected chi connectivity index (χ3v) is 6.18. The van der Waals surface area contributed by atoms with E-state index in [1.165, 1.54) is 19.3 Å². The molecule has 0 bridgehead atoms. The van der Waals surface area contributed by atoms with E-state index in [1.54, 1.807) is 14.2 Å². The lowest BCUT2D eigenvalue weighted by atomic mass is 9.95. The van der Waals surface area contributed by atoms with E-state index in [4.69, 9.17) is 26.8 Å². The summed E-state index contributed by atoms with van der Waals surface area (Å²) >= 11 is 5.93. The Hall–Kier alpha value is -1.86. The van der Waals surface area contributed by atoms with Crippen LogP contribution in [-0.4, -0.2) is 46.6 Å². The number of nitrogens with zero attached hydrogens (tertiary/aromatic N) is 4. The van der Waals surface area contributed by atoms with Crippen LogP contribution in [-0.2, 0) is 6.67 Å². The number of ether oxygens (including phenoxy) is 2. The Morgan fingerprint density at radius 1 is 1.10 bits per heavy atom. The summed E-state index contributed by atoms with van der Waals surface area (Å²) < 4.78 is 16.0. The van der Waals surface area contributed by atoms with Gasteiger partial charge in [-0.1, -0.05) is 33.1 Å². The molecule has 0 saturated heterocycles. The van der Waals surface area contributed by atoms with Gasteiger partial charge < -0.3 is 9.47 Å². The Kier molecular flexibility index (Phi) is 7.72. The van der Waals surface area contributed by atoms with Gasteiger partial charge in [-0.15, -0.1) is 0 Å². The van der Waals surface area contributed by atoms with E-state index in [0.717, 1.165) is 60.9 Å². The van der Waals surface area contributed by atoms with Crippen LogP contribution in [0.25, 0.3) is 11.4 Å². The normalized spacial score (nSPS) is 15.1. The predicted octanol–water partition coefficient (Wildman–Crippen LogP) is 5.29. The van der Waals surface area contributed by atoms with Crippen molar-refractivity contribution in [3.05, 3.63) is 23.0 Å². The smallest absolute Gasteiger partial charge is 0.199 e. The molecule has 160 valence electrons. The maximum absolute atomic E-state index is 5.93. The fraction of sp³-hybridized carbons (Fsp3) is 0.636. The van der Waals surface area contributed by atoms with E-state index in [1.807, 2.05) is 22.9 Å². The first-order valence-electron chi connectivity index (χ1n) is 10.8. The summed E-state index contributed by atoms with van der Waals surface area (Å²) in [5.41, 5.74) is 1.01. The minimum Gasteiger partial charge on any atom is -0.493 e. The van der Waals surface area contributed by atoms with Crippen molar-refractivity contribution in [1.29, 1.82) is 0 Å². The molecule has 7 heteroatoms. The number of hydrogen-bond acceptors (Lipinski definition) is 5. The van der Waals surface area contributed by atoms with Crippen molar-refractivity contribution in [3.8, 4) is 22.9 Å². The van der Waals surface area contributed by atoms with Crippen molar-refractivity contribution in [2.45, 2.75) is 65.1 Å². The van der Waals surface area contributed by atoms with Crippen molar-refractivity contribution in [2.24, 2.45) is 0 Å². The average molecular weight is 419 g/mol. The van der Waals surface area contributed by atoms with Crippen LogP contribution in [0.5, 0.6) is 11.5 Å². The van der Waals surface area contributed by atoms with Crippen molar-refractivity contribution < 1.29 is 9.47 Å². The molecule has 0 spiro atoms. The lowest BCUT2D eigenvalue weighted by molar-refractivity contribution is 0.215. The van der Waals surface area contributed by atoms with Gasteiger partial charge in [0.25, 0.3) is 0 Å². The molecule has 1 fully saturated rings. The first-order valence-corrected chi connectivity index (χ1v) is 11.2. The summed E-state index contributed by atoms with van der Waals surface area (Å²) in [5.74, 6) is 2.36. The molecule has 1 heterocycles. The van der Waals surface area contributed by atoms with Gasteiger partial charge in [0.2, 0.25) is 0 Å². The first-order chi connectivity index (χ1) is 14.1. The van der Waals surface area contributed by atoms with Crippen molar-refractivity contribution in [1.82, 2.24) is 19.2 Å². The van der Waals surface area contributed by atoms with Crippen molar-refractivity contribution in [3.63, 3.8) is 0 Å². The number of hydrogen-bond donors (Lipinski definition) is 0. The van der Waals surface area contributed by atoms with Crippen LogP contribution in [0, 0.1) is 4.77 Å². The van der Waals surface area contributed by atoms with Gasteiger partial charge in [-0.2, -0.15) is 5.10 Å². The summed E-state index contributed by atoms with van der Waals surface area (Å²) in [4.78, 5) is 2.38. The first kappa shape index (κ1) is 21.8. The SMILES string of the molecule is CCCN(CC)Cn1nc(-c2ccc(OC)c(OC)c2)n(C2CCCCC2)c1=S. The number of methoxy groups -OCH3 is 2. The molecule has 1 aliphatic rings. The zero-order valence-electron chi connectivity index (χ0n) is 18.2. The Morgan fingerprint density at radius 2 is 1.83 bits per heavy atom. The van der Waals surface area contributed by atoms with Crippen LogP contribution in [0.2, 0.25) is 0 Å². The topological polar surface area (TPSA) is 44.5 Å². The molecular formula is C22H34N4O2S. The van der Waals surface area contributed by atoms with Crippen molar-refractivity contribution in [2.75, 3.05) is 27.3 Å². The fourth-order valence-corrected chi connectivity index (χ4v) is 4.52. The maximum atomic E-state index is 5.93. The third kappa shape index (κ3) is 4.83. The fourth-order valence-electron chi connectivity index (χ4n) is 4.19. The molecule has 2 aromatic rings. The van der Waals surface area contributed by atoms with E-state index < -0.39 is 0 Å². The highest BCUT2D eigenvalue weighted by atomic mass is 32.1. The van der Waals surface area contributed by atoms with Crippen LogP contribution in [0.1, 0.15) is 58.4 Å². The highest BCUT2D eigenvalue weighted by Gasteiger charge is 2.23. The molecule has 1 aromatic carbocycles. The van der Waals surface area contributed by atoms with E-state index in [9.17, 15) is 0 Å². The van der Waals surface area contributed by atoms with Gasteiger partial charge in [0.05, 0.1) is 20.9 Å². The largest absolute Gasteiger partial charge is 0.493 e. The van der Waals surface area contributed by atoms with E-state index in [-0.39, 0.29) is 0 Å². The summed E-state index contributed by atoms with van der Waals surface area (Å²) in [7, 11) is 3.32. The molecule has 0 aliphatic heterocycles. The van der Waals surface area contributed by atoms with Gasteiger partial charge in [0, 0.05) is 11.6 Å². The second kappa shape index (κ2) is 10.3. The monoisotopic (exact) mass is 418 g/mol. The maximum Gasteiger partial charge on any atom is 0.199 e. The average Bonchev–Trinajstić information content (AvgIpc) is 3.09. The molecule has 29 heavy (non-hydrogen) atoms. The second-order valence-electron chi connectivity index (χ2n) is 7.69. The molecule has 0 N–H and O–H groups in total. The molecule has 0 radical (unpaired) electrons. The van der Waals surface area contributed by atoms with Crippen LogP contribution in [0.3, 0.4) is 0 Å². The third-order valence-electron chi connectivity index (χ3n) is 5.77.